The van der Waals surface area contributed by atoms with Gasteiger partial charge in [0.25, 0.3) is 5.91 Å². The number of benzene rings is 2. The number of alkyl carbamates (subject to hydrolysis) is 1. The molecule has 2 aromatic rings. The van der Waals surface area contributed by atoms with E-state index in [1.54, 1.807) is 7.11 Å². The van der Waals surface area contributed by atoms with Crippen molar-refractivity contribution in [3.63, 3.8) is 0 Å². The summed E-state index contributed by atoms with van der Waals surface area (Å²) in [6.45, 7) is 5.72. The van der Waals surface area contributed by atoms with Crippen molar-refractivity contribution < 1.29 is 37.1 Å². The summed E-state index contributed by atoms with van der Waals surface area (Å²) in [5.74, 6) is -1.75. The van der Waals surface area contributed by atoms with Crippen molar-refractivity contribution in [1.82, 2.24) is 20.3 Å². The maximum absolute atomic E-state index is 14.8. The average Bonchev–Trinajstić information content (AvgIpc) is 4.01. The Morgan fingerprint density at radius 1 is 0.944 bits per heavy atom. The van der Waals surface area contributed by atoms with Crippen LogP contribution in [0.2, 0.25) is 0 Å². The van der Waals surface area contributed by atoms with Gasteiger partial charge < -0.3 is 25.0 Å². The van der Waals surface area contributed by atoms with Gasteiger partial charge in [0.1, 0.15) is 23.2 Å². The fraction of sp³-hybridized carbons (Fsp3) is 0.610. The van der Waals surface area contributed by atoms with Crippen LogP contribution >= 0.6 is 0 Å². The smallest absolute Gasteiger partial charge is 0.407 e. The van der Waals surface area contributed by atoms with Crippen LogP contribution in [0.25, 0.3) is 11.1 Å². The Morgan fingerprint density at radius 2 is 1.65 bits per heavy atom. The Labute approximate surface area is 318 Å². The van der Waals surface area contributed by atoms with Crippen LogP contribution in [0.3, 0.4) is 0 Å². The molecule has 0 spiro atoms. The summed E-state index contributed by atoms with van der Waals surface area (Å²) < 4.78 is 39.8. The number of nitrogens with zero attached hydrogens (tertiary/aromatic N) is 1. The Hall–Kier alpha value is -3.97. The number of fused-ring (bicyclic) bond motifs is 12. The van der Waals surface area contributed by atoms with E-state index in [1.807, 2.05) is 57.2 Å². The highest BCUT2D eigenvalue weighted by Crippen LogP contribution is 2.57. The first kappa shape index (κ1) is 38.3. The molecule has 0 aromatic heterocycles. The van der Waals surface area contributed by atoms with Crippen LogP contribution in [-0.4, -0.2) is 80.3 Å². The minimum atomic E-state index is -3.86. The summed E-state index contributed by atoms with van der Waals surface area (Å²) in [5.41, 5.74) is 0.938. The van der Waals surface area contributed by atoms with Crippen LogP contribution in [0.5, 0.6) is 0 Å². The van der Waals surface area contributed by atoms with Crippen LogP contribution < -0.4 is 15.4 Å². The number of rotatable bonds is 7. The highest BCUT2D eigenvalue weighted by molar-refractivity contribution is 7.91. The maximum atomic E-state index is 14.8. The summed E-state index contributed by atoms with van der Waals surface area (Å²) in [4.78, 5) is 57.8. The number of ether oxygens (including phenoxy) is 2. The van der Waals surface area contributed by atoms with E-state index < -0.39 is 67.7 Å². The van der Waals surface area contributed by atoms with E-state index in [0.29, 0.717) is 25.7 Å². The highest BCUT2D eigenvalue weighted by atomic mass is 32.2. The lowest BCUT2D eigenvalue weighted by Crippen LogP contribution is -2.60. The fourth-order valence-corrected chi connectivity index (χ4v) is 9.86. The van der Waals surface area contributed by atoms with E-state index >= 15 is 0 Å². The molecule has 292 valence electrons. The quantitative estimate of drug-likeness (QED) is 0.358. The molecular weight excluding hydrogens is 709 g/mol. The number of hydrogen-bond donors (Lipinski definition) is 3. The summed E-state index contributed by atoms with van der Waals surface area (Å²) in [6, 6.07) is 14.2. The number of carbonyl (C=O) groups is 4. The Bertz CT molecular complexity index is 1890. The second kappa shape index (κ2) is 14.6. The molecule has 4 amide bonds. The van der Waals surface area contributed by atoms with Crippen LogP contribution in [0.15, 0.2) is 48.5 Å². The number of nitrogens with one attached hydrogen (secondary N) is 3. The monoisotopic (exact) mass is 762 g/mol. The standard InChI is InChI=1S/C41H54N4O8S/c1-39(2,3)34-36(47)45-25-40(52-4,24-33(45)35(46)43-41(23-32(41)28-14-15-28)37(48)44-54(50,51)30-20-21-30)29-18-16-27(17-19-29)31-13-9-8-12-26(31)11-7-5-6-10-22-53-38(49)42-34/h8-9,12-13,16-19,28,30,32-34H,5-7,10-11,14-15,20-25H2,1-4H3,(H,42,49)(H,43,46)(H,44,48)/t32-,33-,34+,40-,41+/m0/s1. The van der Waals surface area contributed by atoms with E-state index in [-0.39, 0.29) is 31.4 Å². The van der Waals surface area contributed by atoms with Crippen molar-refractivity contribution in [2.45, 2.75) is 120 Å². The second-order valence-corrected chi connectivity index (χ2v) is 19.1. The minimum absolute atomic E-state index is 0.000963. The van der Waals surface area contributed by atoms with Crippen molar-refractivity contribution in [3.05, 3.63) is 59.7 Å². The molecule has 3 aliphatic heterocycles. The van der Waals surface area contributed by atoms with Gasteiger partial charge in [-0.25, -0.2) is 13.2 Å². The van der Waals surface area contributed by atoms with Gasteiger partial charge in [-0.15, -0.1) is 0 Å². The number of sulfonamides is 1. The molecule has 0 radical (unpaired) electrons. The molecule has 3 N–H and O–H groups in total. The number of methoxy groups -OCH3 is 1. The van der Waals surface area contributed by atoms with Crippen molar-refractivity contribution in [2.24, 2.45) is 17.3 Å². The number of amides is 4. The van der Waals surface area contributed by atoms with Crippen LogP contribution in [0.4, 0.5) is 4.79 Å². The molecule has 0 unspecified atom stereocenters. The summed E-state index contributed by atoms with van der Waals surface area (Å²) in [6.07, 6.45) is 6.96. The van der Waals surface area contributed by atoms with Gasteiger partial charge >= 0.3 is 6.09 Å². The van der Waals surface area contributed by atoms with Crippen molar-refractivity contribution in [2.75, 3.05) is 20.3 Å². The summed E-state index contributed by atoms with van der Waals surface area (Å²) in [5, 5.41) is 5.19. The van der Waals surface area contributed by atoms with E-state index in [4.69, 9.17) is 9.47 Å². The molecule has 8 rings (SSSR count). The molecule has 3 heterocycles. The van der Waals surface area contributed by atoms with Crippen LogP contribution in [0.1, 0.15) is 96.1 Å². The van der Waals surface area contributed by atoms with Crippen molar-refractivity contribution in [1.29, 1.82) is 0 Å². The van der Waals surface area contributed by atoms with Crippen LogP contribution in [-0.2, 0) is 45.9 Å². The number of aryl methyl sites for hydroxylation is 1. The summed E-state index contributed by atoms with van der Waals surface area (Å²) in [7, 11) is -2.30. The van der Waals surface area contributed by atoms with Gasteiger partial charge in [0.2, 0.25) is 21.8 Å². The van der Waals surface area contributed by atoms with Gasteiger partial charge in [0.05, 0.1) is 18.4 Å². The van der Waals surface area contributed by atoms with E-state index in [9.17, 15) is 27.6 Å². The van der Waals surface area contributed by atoms with E-state index in [1.165, 1.54) is 10.5 Å². The van der Waals surface area contributed by atoms with Gasteiger partial charge in [-0.3, -0.25) is 19.1 Å². The van der Waals surface area contributed by atoms with Crippen molar-refractivity contribution in [3.8, 4) is 11.1 Å². The molecule has 4 bridgehead atoms. The molecule has 2 aromatic carbocycles. The zero-order valence-corrected chi connectivity index (χ0v) is 32.6. The highest BCUT2D eigenvalue weighted by Gasteiger charge is 2.67. The van der Waals surface area contributed by atoms with E-state index in [0.717, 1.165) is 55.2 Å². The van der Waals surface area contributed by atoms with Gasteiger partial charge in [0.15, 0.2) is 0 Å². The van der Waals surface area contributed by atoms with Crippen LogP contribution in [0, 0.1) is 17.3 Å². The molecule has 4 fully saturated rings. The largest absolute Gasteiger partial charge is 0.450 e. The maximum Gasteiger partial charge on any atom is 0.407 e. The minimum Gasteiger partial charge on any atom is -0.450 e. The number of hydrogen-bond acceptors (Lipinski definition) is 8. The van der Waals surface area contributed by atoms with Gasteiger partial charge in [-0.2, -0.15) is 0 Å². The Kier molecular flexibility index (Phi) is 10.4. The first-order valence-electron chi connectivity index (χ1n) is 19.5. The normalized spacial score (nSPS) is 29.4. The third-order valence-electron chi connectivity index (χ3n) is 12.1. The van der Waals surface area contributed by atoms with Crippen molar-refractivity contribution >= 4 is 33.8 Å². The number of carbonyl (C=O) groups excluding carboxylic acids is 4. The molecule has 3 saturated carbocycles. The first-order valence-corrected chi connectivity index (χ1v) is 21.1. The van der Waals surface area contributed by atoms with Gasteiger partial charge in [-0.05, 0) is 90.9 Å². The lowest BCUT2D eigenvalue weighted by atomic mass is 9.85. The molecule has 13 heteroatoms. The lowest BCUT2D eigenvalue weighted by Gasteiger charge is -2.36. The Morgan fingerprint density at radius 3 is 2.31 bits per heavy atom. The molecule has 12 nitrogen and oxygen atoms in total. The SMILES string of the molecule is CO[C@@]12C[C@@H](C(=O)N[C@]3(C(=O)NS(=O)(=O)C4CC4)C[C@H]3C3CC3)N(C1)C(=O)[C@H](C(C)(C)C)NC(=O)OCCCCCCc1ccccc1-c1ccc2cc1. The predicted octanol–water partition coefficient (Wildman–Crippen LogP) is 4.95. The average molecular weight is 763 g/mol. The first-order chi connectivity index (χ1) is 25.7. The molecule has 3 aliphatic carbocycles. The molecular formula is C41H54N4O8S. The van der Waals surface area contributed by atoms with Gasteiger partial charge in [0, 0.05) is 13.5 Å². The third-order valence-corrected chi connectivity index (χ3v) is 14.0. The Balaban J connectivity index is 1.24. The second-order valence-electron chi connectivity index (χ2n) is 17.1. The molecule has 1 saturated heterocycles. The zero-order chi connectivity index (χ0) is 38.5. The third kappa shape index (κ3) is 7.76. The molecule has 5 atom stereocenters. The van der Waals surface area contributed by atoms with E-state index in [2.05, 4.69) is 27.5 Å². The van der Waals surface area contributed by atoms with Gasteiger partial charge in [-0.1, -0.05) is 82.1 Å². The lowest BCUT2D eigenvalue weighted by molar-refractivity contribution is -0.143. The topological polar surface area (TPSA) is 160 Å². The zero-order valence-electron chi connectivity index (χ0n) is 31.8. The fourth-order valence-electron chi connectivity index (χ4n) is 8.50. The summed E-state index contributed by atoms with van der Waals surface area (Å²) >= 11 is 0. The molecule has 6 aliphatic rings. The predicted molar refractivity (Wildman–Crippen MR) is 202 cm³/mol. The molecule has 54 heavy (non-hydrogen) atoms.